The van der Waals surface area contributed by atoms with Crippen molar-refractivity contribution in [1.82, 2.24) is 0 Å². The first-order valence-corrected chi connectivity index (χ1v) is 2.67. The standard InChI is InChI=1S/C7H4O2/c8-7(9)6-3-4-1-2-5(4)6/h1-3H,(H,8,9). The van der Waals surface area contributed by atoms with E-state index in [0.717, 1.165) is 11.1 Å². The number of aromatic carboxylic acids is 1. The Hall–Kier alpha value is -1.31. The van der Waals surface area contributed by atoms with Gasteiger partial charge in [0.05, 0.1) is 5.56 Å². The highest BCUT2D eigenvalue weighted by molar-refractivity contribution is 6.03. The van der Waals surface area contributed by atoms with E-state index in [1.807, 2.05) is 12.1 Å². The minimum atomic E-state index is -0.821. The fourth-order valence-electron chi connectivity index (χ4n) is 0.966. The lowest BCUT2D eigenvalue weighted by atomic mass is 9.87. The predicted octanol–water partition coefficient (Wildman–Crippen LogP) is 1.37. The van der Waals surface area contributed by atoms with Crippen LogP contribution < -0.4 is 0 Å². The third-order valence-electron chi connectivity index (χ3n) is 1.56. The number of hydrogen-bond acceptors (Lipinski definition) is 1. The van der Waals surface area contributed by atoms with Crippen molar-refractivity contribution in [3.63, 3.8) is 0 Å². The number of carboxylic acid groups (broad SMARTS) is 1. The van der Waals surface area contributed by atoms with Gasteiger partial charge in [-0.15, -0.1) is 0 Å². The molecule has 0 aromatic rings. The van der Waals surface area contributed by atoms with E-state index in [9.17, 15) is 4.79 Å². The summed E-state index contributed by atoms with van der Waals surface area (Å²) in [5.41, 5.74) is 2.43. The summed E-state index contributed by atoms with van der Waals surface area (Å²) in [6.45, 7) is 0. The van der Waals surface area contributed by atoms with E-state index in [4.69, 9.17) is 5.11 Å². The van der Waals surface area contributed by atoms with Gasteiger partial charge in [-0.1, -0.05) is 12.1 Å². The van der Waals surface area contributed by atoms with Gasteiger partial charge < -0.3 is 5.11 Å². The molecule has 0 saturated heterocycles. The van der Waals surface area contributed by atoms with Crippen LogP contribution in [0.3, 0.4) is 0 Å². The van der Waals surface area contributed by atoms with Crippen LogP contribution in [0.5, 0.6) is 0 Å². The van der Waals surface area contributed by atoms with Gasteiger partial charge in [-0.2, -0.15) is 0 Å². The molecular weight excluding hydrogens is 116 g/mol. The average molecular weight is 120 g/mol. The van der Waals surface area contributed by atoms with Crippen molar-refractivity contribution in [3.05, 3.63) is 23.8 Å². The third kappa shape index (κ3) is 0.380. The molecule has 1 N–H and O–H groups in total. The molecule has 9 heavy (non-hydrogen) atoms. The van der Waals surface area contributed by atoms with Crippen molar-refractivity contribution in [1.29, 1.82) is 0 Å². The monoisotopic (exact) mass is 120 g/mol. The Kier molecular flexibility index (Phi) is 0.585. The molecule has 2 nitrogen and oxygen atoms in total. The Labute approximate surface area is 51.7 Å². The molecule has 0 amide bonds. The minimum Gasteiger partial charge on any atom is -0.478 e. The smallest absolute Gasteiger partial charge is 0.336 e. The second kappa shape index (κ2) is 1.16. The Morgan fingerprint density at radius 1 is 1.44 bits per heavy atom. The number of carboxylic acids is 1. The summed E-state index contributed by atoms with van der Waals surface area (Å²) in [5, 5.41) is 8.42. The SMILES string of the molecule is O=C(O)c1cc2ccc1-2. The highest BCUT2D eigenvalue weighted by Gasteiger charge is 2.20. The zero-order chi connectivity index (χ0) is 6.43. The summed E-state index contributed by atoms with van der Waals surface area (Å²) in [7, 11) is 0. The lowest BCUT2D eigenvalue weighted by molar-refractivity contribution is 0.0696. The number of rotatable bonds is 1. The van der Waals surface area contributed by atoms with Gasteiger partial charge in [0.2, 0.25) is 0 Å². The van der Waals surface area contributed by atoms with Crippen molar-refractivity contribution in [2.24, 2.45) is 0 Å². The van der Waals surface area contributed by atoms with Crippen LogP contribution in [-0.2, 0) is 0 Å². The molecule has 2 aliphatic rings. The number of benzene rings is 1. The van der Waals surface area contributed by atoms with Crippen LogP contribution in [0.15, 0.2) is 18.2 Å². The molecule has 0 bridgehead atoms. The van der Waals surface area contributed by atoms with Gasteiger partial charge in [0.15, 0.2) is 0 Å². The molecule has 2 heteroatoms. The van der Waals surface area contributed by atoms with Crippen molar-refractivity contribution in [2.75, 3.05) is 0 Å². The topological polar surface area (TPSA) is 37.3 Å². The molecule has 0 radical (unpaired) electrons. The molecule has 0 atom stereocenters. The van der Waals surface area contributed by atoms with Gasteiger partial charge in [0.25, 0.3) is 0 Å². The maximum atomic E-state index is 10.2. The highest BCUT2D eigenvalue weighted by Crippen LogP contribution is 2.35. The molecule has 0 unspecified atom stereocenters. The molecule has 0 aliphatic heterocycles. The van der Waals surface area contributed by atoms with Crippen molar-refractivity contribution in [2.45, 2.75) is 0 Å². The van der Waals surface area contributed by atoms with Gasteiger partial charge >= 0.3 is 5.97 Å². The lowest BCUT2D eigenvalue weighted by Gasteiger charge is -2.17. The molecule has 44 valence electrons. The number of hydrogen-bond donors (Lipinski definition) is 1. The van der Waals surface area contributed by atoms with Gasteiger partial charge in [0.1, 0.15) is 0 Å². The van der Waals surface area contributed by atoms with E-state index < -0.39 is 5.97 Å². The molecule has 0 aromatic heterocycles. The molecular formula is C7H4O2. The second-order valence-electron chi connectivity index (χ2n) is 2.07. The fourth-order valence-corrected chi connectivity index (χ4v) is 0.966. The zero-order valence-corrected chi connectivity index (χ0v) is 4.59. The maximum absolute atomic E-state index is 10.2. The summed E-state index contributed by atoms with van der Waals surface area (Å²) in [4.78, 5) is 10.2. The van der Waals surface area contributed by atoms with Gasteiger partial charge in [0, 0.05) is 0 Å². The number of carbonyl (C=O) groups is 1. The number of fused-ring (bicyclic) bond motifs is 1. The van der Waals surface area contributed by atoms with Gasteiger partial charge in [-0.25, -0.2) is 4.79 Å². The largest absolute Gasteiger partial charge is 0.478 e. The Morgan fingerprint density at radius 2 is 2.22 bits per heavy atom. The Balaban J connectivity index is 2.52. The van der Waals surface area contributed by atoms with E-state index in [-0.39, 0.29) is 0 Å². The molecule has 0 spiro atoms. The van der Waals surface area contributed by atoms with E-state index in [1.165, 1.54) is 0 Å². The normalized spacial score (nSPS) is 11.1. The summed E-state index contributed by atoms with van der Waals surface area (Å²) in [5.74, 6) is -0.821. The average Bonchev–Trinajstić information content (AvgIpc) is 1.76. The summed E-state index contributed by atoms with van der Waals surface area (Å²) < 4.78 is 0. The van der Waals surface area contributed by atoms with E-state index in [0.29, 0.717) is 5.56 Å². The van der Waals surface area contributed by atoms with Crippen LogP contribution in [0.1, 0.15) is 10.4 Å². The van der Waals surface area contributed by atoms with Gasteiger partial charge in [-0.05, 0) is 17.2 Å². The van der Waals surface area contributed by atoms with E-state index in [2.05, 4.69) is 0 Å². The van der Waals surface area contributed by atoms with Gasteiger partial charge in [-0.3, -0.25) is 0 Å². The second-order valence-corrected chi connectivity index (χ2v) is 2.07. The third-order valence-corrected chi connectivity index (χ3v) is 1.56. The fraction of sp³-hybridized carbons (Fsp3) is 0. The quantitative estimate of drug-likeness (QED) is 0.617. The molecule has 0 aromatic carbocycles. The van der Waals surface area contributed by atoms with Crippen LogP contribution in [0.2, 0.25) is 0 Å². The van der Waals surface area contributed by atoms with Crippen LogP contribution in [0.25, 0.3) is 11.1 Å². The minimum absolute atomic E-state index is 0.451. The summed E-state index contributed by atoms with van der Waals surface area (Å²) in [6, 6.07) is 5.40. The van der Waals surface area contributed by atoms with Crippen LogP contribution in [-0.4, -0.2) is 11.1 Å². The van der Waals surface area contributed by atoms with E-state index >= 15 is 0 Å². The maximum Gasteiger partial charge on any atom is 0.336 e. The summed E-state index contributed by atoms with van der Waals surface area (Å²) in [6.07, 6.45) is 0. The molecule has 0 saturated carbocycles. The van der Waals surface area contributed by atoms with Crippen LogP contribution in [0, 0.1) is 0 Å². The molecule has 0 fully saturated rings. The lowest BCUT2D eigenvalue weighted by Crippen LogP contribution is -2.06. The van der Waals surface area contributed by atoms with Crippen LogP contribution in [0.4, 0.5) is 0 Å². The molecule has 2 aliphatic carbocycles. The van der Waals surface area contributed by atoms with Crippen molar-refractivity contribution >= 4 is 5.97 Å². The Bertz CT molecular complexity index is 289. The first kappa shape index (κ1) is 4.56. The Morgan fingerprint density at radius 3 is 2.33 bits per heavy atom. The van der Waals surface area contributed by atoms with Crippen LogP contribution >= 0.6 is 0 Å². The summed E-state index contributed by atoms with van der Waals surface area (Å²) >= 11 is 0. The predicted molar refractivity (Wildman–Crippen MR) is 32.4 cm³/mol. The van der Waals surface area contributed by atoms with E-state index in [1.54, 1.807) is 6.07 Å². The zero-order valence-electron chi connectivity index (χ0n) is 4.59. The van der Waals surface area contributed by atoms with Crippen molar-refractivity contribution in [3.8, 4) is 11.1 Å². The van der Waals surface area contributed by atoms with Crippen molar-refractivity contribution < 1.29 is 9.90 Å². The molecule has 2 rings (SSSR count). The first-order chi connectivity index (χ1) is 4.29. The highest BCUT2D eigenvalue weighted by atomic mass is 16.4. The molecule has 0 heterocycles. The first-order valence-electron chi connectivity index (χ1n) is 2.67.